The van der Waals surface area contributed by atoms with Crippen LogP contribution in [0.4, 0.5) is 0 Å². The van der Waals surface area contributed by atoms with Gasteiger partial charge in [0.15, 0.2) is 0 Å². The Labute approximate surface area is 132 Å². The van der Waals surface area contributed by atoms with Gasteiger partial charge in [0.2, 0.25) is 5.91 Å². The molecule has 1 aliphatic heterocycles. The summed E-state index contributed by atoms with van der Waals surface area (Å²) in [5.41, 5.74) is 0.480. The van der Waals surface area contributed by atoms with Crippen LogP contribution in [0.5, 0.6) is 0 Å². The first-order chi connectivity index (χ1) is 9.32. The molecule has 0 atom stereocenters. The number of aliphatic hydroxyl groups is 1. The Morgan fingerprint density at radius 3 is 2.70 bits per heavy atom. The number of benzene rings is 1. The van der Waals surface area contributed by atoms with Crippen LogP contribution in [0.3, 0.4) is 0 Å². The number of aryl methyl sites for hydroxylation is 1. The molecule has 2 rings (SSSR count). The summed E-state index contributed by atoms with van der Waals surface area (Å²) in [6.45, 7) is 6.94. The van der Waals surface area contributed by atoms with Crippen LogP contribution in [0.2, 0.25) is 0 Å². The van der Waals surface area contributed by atoms with E-state index < -0.39 is 5.60 Å². The standard InChI is InChI=1S/C15H20BrNO2S/c1-10(2)15(19)8-17(9-15)14(18)7-20-13-5-4-12(16)6-11(13)3/h4-6,10,19H,7-9H2,1-3H3. The highest BCUT2D eigenvalue weighted by Gasteiger charge is 2.45. The number of likely N-dealkylation sites (tertiary alicyclic amines) is 1. The second-order valence-electron chi connectivity index (χ2n) is 5.71. The second kappa shape index (κ2) is 6.08. The average Bonchev–Trinajstić information content (AvgIpc) is 2.33. The molecule has 1 fully saturated rings. The molecule has 0 unspecified atom stereocenters. The van der Waals surface area contributed by atoms with E-state index in [2.05, 4.69) is 15.9 Å². The summed E-state index contributed by atoms with van der Waals surface area (Å²) in [6.07, 6.45) is 0. The molecule has 110 valence electrons. The number of hydrogen-bond donors (Lipinski definition) is 1. The number of thioether (sulfide) groups is 1. The van der Waals surface area contributed by atoms with Crippen LogP contribution in [-0.4, -0.2) is 40.4 Å². The first-order valence-electron chi connectivity index (χ1n) is 6.71. The van der Waals surface area contributed by atoms with Crippen LogP contribution in [-0.2, 0) is 4.79 Å². The third kappa shape index (κ3) is 3.38. The lowest BCUT2D eigenvalue weighted by Gasteiger charge is -2.49. The summed E-state index contributed by atoms with van der Waals surface area (Å²) in [5, 5.41) is 10.2. The van der Waals surface area contributed by atoms with Gasteiger partial charge < -0.3 is 10.0 Å². The molecule has 1 aromatic rings. The zero-order valence-corrected chi connectivity index (χ0v) is 14.4. The monoisotopic (exact) mass is 357 g/mol. The minimum absolute atomic E-state index is 0.0997. The van der Waals surface area contributed by atoms with Gasteiger partial charge in [-0.3, -0.25) is 4.79 Å². The molecule has 0 aromatic heterocycles. The van der Waals surface area contributed by atoms with Gasteiger partial charge in [-0.25, -0.2) is 0 Å². The fourth-order valence-corrected chi connectivity index (χ4v) is 3.55. The summed E-state index contributed by atoms with van der Waals surface area (Å²) in [7, 11) is 0. The fraction of sp³-hybridized carbons (Fsp3) is 0.533. The Hall–Kier alpha value is -0.520. The highest BCUT2D eigenvalue weighted by Crippen LogP contribution is 2.30. The van der Waals surface area contributed by atoms with E-state index in [1.807, 2.05) is 39.0 Å². The molecule has 0 saturated carbocycles. The number of halogens is 1. The summed E-state index contributed by atoms with van der Waals surface area (Å²) < 4.78 is 1.05. The van der Waals surface area contributed by atoms with Crippen molar-refractivity contribution in [1.82, 2.24) is 4.90 Å². The predicted octanol–water partition coefficient (Wildman–Crippen LogP) is 3.08. The van der Waals surface area contributed by atoms with E-state index in [-0.39, 0.29) is 11.8 Å². The zero-order chi connectivity index (χ0) is 14.9. The molecule has 3 nitrogen and oxygen atoms in total. The molecule has 0 spiro atoms. The van der Waals surface area contributed by atoms with Gasteiger partial charge >= 0.3 is 0 Å². The third-order valence-corrected chi connectivity index (χ3v) is 5.50. The molecule has 20 heavy (non-hydrogen) atoms. The zero-order valence-electron chi connectivity index (χ0n) is 12.0. The molecule has 1 amide bonds. The van der Waals surface area contributed by atoms with Crippen LogP contribution in [0.15, 0.2) is 27.6 Å². The Morgan fingerprint density at radius 2 is 2.15 bits per heavy atom. The Bertz CT molecular complexity index is 513. The molecule has 1 N–H and O–H groups in total. The molecule has 1 heterocycles. The molecular formula is C15H20BrNO2S. The summed E-state index contributed by atoms with van der Waals surface area (Å²) in [6, 6.07) is 6.06. The number of amides is 1. The van der Waals surface area contributed by atoms with Crippen molar-refractivity contribution in [3.8, 4) is 0 Å². The van der Waals surface area contributed by atoms with Crippen LogP contribution in [0, 0.1) is 12.8 Å². The van der Waals surface area contributed by atoms with E-state index in [4.69, 9.17) is 0 Å². The van der Waals surface area contributed by atoms with Gasteiger partial charge in [0.1, 0.15) is 5.60 Å². The van der Waals surface area contributed by atoms with Crippen molar-refractivity contribution in [2.24, 2.45) is 5.92 Å². The van der Waals surface area contributed by atoms with E-state index in [0.29, 0.717) is 18.8 Å². The first kappa shape index (κ1) is 15.9. The van der Waals surface area contributed by atoms with E-state index >= 15 is 0 Å². The van der Waals surface area contributed by atoms with Crippen LogP contribution >= 0.6 is 27.7 Å². The Balaban J connectivity index is 1.85. The number of β-amino-alcohol motifs (C(OH)–C–C–N with tert-alkyl or cyclic N) is 1. The predicted molar refractivity (Wildman–Crippen MR) is 86.0 cm³/mol. The maximum atomic E-state index is 12.1. The number of carbonyl (C=O) groups excluding carboxylic acids is 1. The lowest BCUT2D eigenvalue weighted by atomic mass is 9.83. The normalized spacial score (nSPS) is 17.2. The minimum Gasteiger partial charge on any atom is -0.386 e. The molecule has 1 aliphatic rings. The van der Waals surface area contributed by atoms with Crippen molar-refractivity contribution in [1.29, 1.82) is 0 Å². The second-order valence-corrected chi connectivity index (χ2v) is 7.64. The fourth-order valence-electron chi connectivity index (χ4n) is 2.16. The maximum Gasteiger partial charge on any atom is 0.233 e. The Kier molecular flexibility index (Phi) is 4.82. The van der Waals surface area contributed by atoms with Crippen LogP contribution in [0.25, 0.3) is 0 Å². The Morgan fingerprint density at radius 1 is 1.50 bits per heavy atom. The molecule has 1 saturated heterocycles. The van der Waals surface area contributed by atoms with E-state index in [0.717, 1.165) is 9.37 Å². The number of nitrogens with zero attached hydrogens (tertiary/aromatic N) is 1. The largest absolute Gasteiger partial charge is 0.386 e. The summed E-state index contributed by atoms with van der Waals surface area (Å²) >= 11 is 4.99. The summed E-state index contributed by atoms with van der Waals surface area (Å²) in [4.78, 5) is 14.9. The van der Waals surface area contributed by atoms with Crippen molar-refractivity contribution >= 4 is 33.6 Å². The van der Waals surface area contributed by atoms with Gasteiger partial charge in [-0.05, 0) is 36.6 Å². The van der Waals surface area contributed by atoms with Crippen LogP contribution in [0.1, 0.15) is 19.4 Å². The molecule has 1 aromatic carbocycles. The minimum atomic E-state index is -0.687. The lowest BCUT2D eigenvalue weighted by molar-refractivity contribution is -0.161. The number of carbonyl (C=O) groups is 1. The van der Waals surface area contributed by atoms with Gasteiger partial charge in [-0.15, -0.1) is 11.8 Å². The average molecular weight is 358 g/mol. The summed E-state index contributed by atoms with van der Waals surface area (Å²) in [5.74, 6) is 0.715. The SMILES string of the molecule is Cc1cc(Br)ccc1SCC(=O)N1CC(O)(C(C)C)C1. The van der Waals surface area contributed by atoms with Gasteiger partial charge in [-0.1, -0.05) is 29.8 Å². The van der Waals surface area contributed by atoms with Crippen molar-refractivity contribution in [3.05, 3.63) is 28.2 Å². The quantitative estimate of drug-likeness (QED) is 0.841. The van der Waals surface area contributed by atoms with Gasteiger partial charge in [0.05, 0.1) is 18.8 Å². The topological polar surface area (TPSA) is 40.5 Å². The molecule has 0 radical (unpaired) electrons. The van der Waals surface area contributed by atoms with Crippen molar-refractivity contribution in [2.75, 3.05) is 18.8 Å². The van der Waals surface area contributed by atoms with Crippen molar-refractivity contribution in [2.45, 2.75) is 31.3 Å². The lowest BCUT2D eigenvalue weighted by Crippen LogP contribution is -2.66. The maximum absolute atomic E-state index is 12.1. The van der Waals surface area contributed by atoms with Crippen molar-refractivity contribution in [3.63, 3.8) is 0 Å². The highest BCUT2D eigenvalue weighted by molar-refractivity contribution is 9.10. The number of hydrogen-bond acceptors (Lipinski definition) is 3. The first-order valence-corrected chi connectivity index (χ1v) is 8.49. The van der Waals surface area contributed by atoms with Crippen LogP contribution < -0.4 is 0 Å². The highest BCUT2D eigenvalue weighted by atomic mass is 79.9. The third-order valence-electron chi connectivity index (χ3n) is 3.84. The van der Waals surface area contributed by atoms with Crippen molar-refractivity contribution < 1.29 is 9.90 Å². The number of rotatable bonds is 4. The van der Waals surface area contributed by atoms with E-state index in [1.165, 1.54) is 5.56 Å². The molecule has 0 bridgehead atoms. The molecule has 0 aliphatic carbocycles. The van der Waals surface area contributed by atoms with Gasteiger partial charge in [-0.2, -0.15) is 0 Å². The van der Waals surface area contributed by atoms with E-state index in [1.54, 1.807) is 16.7 Å². The molecule has 5 heteroatoms. The van der Waals surface area contributed by atoms with Gasteiger partial charge in [0, 0.05) is 9.37 Å². The van der Waals surface area contributed by atoms with E-state index in [9.17, 15) is 9.90 Å². The smallest absolute Gasteiger partial charge is 0.233 e. The van der Waals surface area contributed by atoms with Gasteiger partial charge in [0.25, 0.3) is 0 Å². The molecular weight excluding hydrogens is 338 g/mol.